The number of rotatable bonds is 2. The predicted octanol–water partition coefficient (Wildman–Crippen LogP) is 4.27. The van der Waals surface area contributed by atoms with Crippen LogP contribution < -0.4 is 0 Å². The molecule has 0 radical (unpaired) electrons. The quantitative estimate of drug-likeness (QED) is 0.897. The SMILES string of the molecule is CC1(C)CCC(c2noc(-c3ccc(F)cc3O)n2)CC1. The highest BCUT2D eigenvalue weighted by Gasteiger charge is 2.30. The summed E-state index contributed by atoms with van der Waals surface area (Å²) in [7, 11) is 0. The topological polar surface area (TPSA) is 59.2 Å². The summed E-state index contributed by atoms with van der Waals surface area (Å²) in [6, 6.07) is 3.76. The molecule has 0 atom stereocenters. The Kier molecular flexibility index (Phi) is 3.43. The molecule has 0 unspecified atom stereocenters. The Labute approximate surface area is 123 Å². The summed E-state index contributed by atoms with van der Waals surface area (Å²) in [5, 5.41) is 13.8. The van der Waals surface area contributed by atoms with Crippen LogP contribution in [0.5, 0.6) is 5.75 Å². The molecule has 1 fully saturated rings. The van der Waals surface area contributed by atoms with Crippen molar-refractivity contribution in [3.8, 4) is 17.2 Å². The number of aromatic nitrogens is 2. The molecular formula is C16H19FN2O2. The van der Waals surface area contributed by atoms with E-state index in [1.807, 2.05) is 0 Å². The molecule has 2 aromatic rings. The molecule has 1 saturated carbocycles. The van der Waals surface area contributed by atoms with Crippen LogP contribution in [-0.4, -0.2) is 15.2 Å². The number of halogens is 1. The predicted molar refractivity (Wildman–Crippen MR) is 76.3 cm³/mol. The van der Waals surface area contributed by atoms with Crippen LogP contribution in [0.2, 0.25) is 0 Å². The number of hydrogen-bond donors (Lipinski definition) is 1. The first-order valence-electron chi connectivity index (χ1n) is 7.27. The second kappa shape index (κ2) is 5.13. The van der Waals surface area contributed by atoms with E-state index in [1.54, 1.807) is 0 Å². The Bertz CT molecular complexity index is 641. The van der Waals surface area contributed by atoms with E-state index in [0.29, 0.717) is 22.7 Å². The van der Waals surface area contributed by atoms with Crippen LogP contribution in [0.3, 0.4) is 0 Å². The largest absolute Gasteiger partial charge is 0.507 e. The average molecular weight is 290 g/mol. The molecule has 0 aliphatic heterocycles. The first-order valence-corrected chi connectivity index (χ1v) is 7.27. The van der Waals surface area contributed by atoms with E-state index in [2.05, 4.69) is 24.0 Å². The fraction of sp³-hybridized carbons (Fsp3) is 0.500. The van der Waals surface area contributed by atoms with E-state index in [0.717, 1.165) is 31.7 Å². The number of aromatic hydroxyl groups is 1. The van der Waals surface area contributed by atoms with Gasteiger partial charge in [-0.3, -0.25) is 0 Å². The normalized spacial score (nSPS) is 18.8. The van der Waals surface area contributed by atoms with E-state index in [4.69, 9.17) is 4.52 Å². The number of hydrogen-bond acceptors (Lipinski definition) is 4. The van der Waals surface area contributed by atoms with Gasteiger partial charge in [0, 0.05) is 12.0 Å². The maximum atomic E-state index is 13.0. The van der Waals surface area contributed by atoms with Crippen LogP contribution in [0.1, 0.15) is 51.3 Å². The highest BCUT2D eigenvalue weighted by Crippen LogP contribution is 2.42. The van der Waals surface area contributed by atoms with Crippen molar-refractivity contribution in [2.75, 3.05) is 0 Å². The monoisotopic (exact) mass is 290 g/mol. The van der Waals surface area contributed by atoms with Crippen molar-refractivity contribution in [3.05, 3.63) is 29.8 Å². The van der Waals surface area contributed by atoms with E-state index in [9.17, 15) is 9.50 Å². The number of phenols is 1. The zero-order valence-electron chi connectivity index (χ0n) is 12.3. The summed E-state index contributed by atoms with van der Waals surface area (Å²) < 4.78 is 18.2. The van der Waals surface area contributed by atoms with Crippen LogP contribution in [0.4, 0.5) is 4.39 Å². The average Bonchev–Trinajstić information content (AvgIpc) is 2.88. The molecule has 112 valence electrons. The zero-order valence-corrected chi connectivity index (χ0v) is 12.3. The molecule has 1 aromatic carbocycles. The van der Waals surface area contributed by atoms with Gasteiger partial charge in [-0.2, -0.15) is 4.98 Å². The second-order valence-electron chi connectivity index (χ2n) is 6.56. The lowest BCUT2D eigenvalue weighted by Gasteiger charge is -2.32. The van der Waals surface area contributed by atoms with Gasteiger partial charge in [0.25, 0.3) is 5.89 Å². The molecule has 4 nitrogen and oxygen atoms in total. The lowest BCUT2D eigenvalue weighted by atomic mass is 9.73. The molecule has 5 heteroatoms. The maximum Gasteiger partial charge on any atom is 0.261 e. The molecule has 0 bridgehead atoms. The molecule has 1 aliphatic carbocycles. The minimum Gasteiger partial charge on any atom is -0.507 e. The molecule has 3 rings (SSSR count). The van der Waals surface area contributed by atoms with Gasteiger partial charge in [-0.15, -0.1) is 0 Å². The summed E-state index contributed by atoms with van der Waals surface area (Å²) in [6.07, 6.45) is 4.37. The third-order valence-corrected chi connectivity index (χ3v) is 4.34. The Morgan fingerprint density at radius 3 is 2.67 bits per heavy atom. The fourth-order valence-corrected chi connectivity index (χ4v) is 2.85. The number of nitrogens with zero attached hydrogens (tertiary/aromatic N) is 2. The smallest absolute Gasteiger partial charge is 0.261 e. The molecule has 0 amide bonds. The summed E-state index contributed by atoms with van der Waals surface area (Å²) in [5.74, 6) is 0.551. The minimum absolute atomic E-state index is 0.185. The Balaban J connectivity index is 1.81. The standard InChI is InChI=1S/C16H19FN2O2/c1-16(2)7-5-10(6-8-16)14-18-15(21-19-14)12-4-3-11(17)9-13(12)20/h3-4,9-10,20H,5-8H2,1-2H3. The van der Waals surface area contributed by atoms with Crippen molar-refractivity contribution in [3.63, 3.8) is 0 Å². The van der Waals surface area contributed by atoms with Gasteiger partial charge in [-0.05, 0) is 43.2 Å². The van der Waals surface area contributed by atoms with Crippen molar-refractivity contribution in [2.45, 2.75) is 45.4 Å². The highest BCUT2D eigenvalue weighted by atomic mass is 19.1. The van der Waals surface area contributed by atoms with E-state index in [-0.39, 0.29) is 11.6 Å². The van der Waals surface area contributed by atoms with Gasteiger partial charge < -0.3 is 9.63 Å². The van der Waals surface area contributed by atoms with Gasteiger partial charge in [-0.25, -0.2) is 4.39 Å². The Morgan fingerprint density at radius 1 is 1.29 bits per heavy atom. The molecular weight excluding hydrogens is 271 g/mol. The maximum absolute atomic E-state index is 13.0. The molecule has 1 N–H and O–H groups in total. The van der Waals surface area contributed by atoms with Crippen molar-refractivity contribution in [1.82, 2.24) is 10.1 Å². The highest BCUT2D eigenvalue weighted by molar-refractivity contribution is 5.61. The minimum atomic E-state index is -0.495. The van der Waals surface area contributed by atoms with Crippen molar-refractivity contribution in [2.24, 2.45) is 5.41 Å². The van der Waals surface area contributed by atoms with Gasteiger partial charge in [0.2, 0.25) is 0 Å². The molecule has 0 spiro atoms. The molecule has 0 saturated heterocycles. The van der Waals surface area contributed by atoms with Gasteiger partial charge in [-0.1, -0.05) is 19.0 Å². The third-order valence-electron chi connectivity index (χ3n) is 4.34. The van der Waals surface area contributed by atoms with Crippen LogP contribution in [0, 0.1) is 11.2 Å². The first kappa shape index (κ1) is 14.0. The van der Waals surface area contributed by atoms with Crippen molar-refractivity contribution >= 4 is 0 Å². The van der Waals surface area contributed by atoms with Crippen LogP contribution in [0.15, 0.2) is 22.7 Å². The lowest BCUT2D eigenvalue weighted by Crippen LogP contribution is -2.20. The molecule has 1 heterocycles. The Morgan fingerprint density at radius 2 is 2.00 bits per heavy atom. The molecule has 1 aliphatic rings. The summed E-state index contributed by atoms with van der Waals surface area (Å²) >= 11 is 0. The van der Waals surface area contributed by atoms with Gasteiger partial charge >= 0.3 is 0 Å². The van der Waals surface area contributed by atoms with E-state index < -0.39 is 5.82 Å². The van der Waals surface area contributed by atoms with E-state index in [1.165, 1.54) is 12.1 Å². The van der Waals surface area contributed by atoms with Gasteiger partial charge in [0.1, 0.15) is 11.6 Å². The zero-order chi connectivity index (χ0) is 15.0. The van der Waals surface area contributed by atoms with E-state index >= 15 is 0 Å². The van der Waals surface area contributed by atoms with Crippen LogP contribution in [0.25, 0.3) is 11.5 Å². The fourth-order valence-electron chi connectivity index (χ4n) is 2.85. The summed E-state index contributed by atoms with van der Waals surface area (Å²) in [6.45, 7) is 4.56. The van der Waals surface area contributed by atoms with Gasteiger partial charge in [0.05, 0.1) is 5.56 Å². The summed E-state index contributed by atoms with van der Waals surface area (Å²) in [4.78, 5) is 4.38. The van der Waals surface area contributed by atoms with Gasteiger partial charge in [0.15, 0.2) is 5.82 Å². The number of benzene rings is 1. The Hall–Kier alpha value is -1.91. The van der Waals surface area contributed by atoms with Crippen LogP contribution >= 0.6 is 0 Å². The van der Waals surface area contributed by atoms with Crippen molar-refractivity contribution < 1.29 is 14.0 Å². The van der Waals surface area contributed by atoms with Crippen molar-refractivity contribution in [1.29, 1.82) is 0 Å². The third kappa shape index (κ3) is 2.91. The first-order chi connectivity index (χ1) is 9.94. The van der Waals surface area contributed by atoms with Crippen LogP contribution in [-0.2, 0) is 0 Å². The second-order valence-corrected chi connectivity index (χ2v) is 6.56. The lowest BCUT2D eigenvalue weighted by molar-refractivity contribution is 0.218. The molecule has 1 aromatic heterocycles. The summed E-state index contributed by atoms with van der Waals surface area (Å²) in [5.41, 5.74) is 0.754. The molecule has 21 heavy (non-hydrogen) atoms. The number of phenolic OH excluding ortho intramolecular Hbond substituents is 1.